The predicted octanol–water partition coefficient (Wildman–Crippen LogP) is 4.57. The van der Waals surface area contributed by atoms with Gasteiger partial charge in [-0.05, 0) is 36.8 Å². The van der Waals surface area contributed by atoms with Gasteiger partial charge < -0.3 is 4.74 Å². The maximum absolute atomic E-state index is 13.8. The minimum Gasteiger partial charge on any atom is -0.496 e. The van der Waals surface area contributed by atoms with Crippen LogP contribution in [0.5, 0.6) is 5.75 Å². The van der Waals surface area contributed by atoms with E-state index in [4.69, 9.17) is 4.74 Å². The van der Waals surface area contributed by atoms with E-state index in [1.807, 2.05) is 25.1 Å². The fourth-order valence-electron chi connectivity index (χ4n) is 1.72. The van der Waals surface area contributed by atoms with Crippen molar-refractivity contribution in [2.45, 2.75) is 6.92 Å². The summed E-state index contributed by atoms with van der Waals surface area (Å²) in [6, 6.07) is 10.6. The van der Waals surface area contributed by atoms with Gasteiger partial charge in [-0.1, -0.05) is 28.1 Å². The van der Waals surface area contributed by atoms with Gasteiger partial charge in [-0.2, -0.15) is 0 Å². The number of rotatable bonds is 2. The third-order valence-electron chi connectivity index (χ3n) is 2.58. The van der Waals surface area contributed by atoms with Gasteiger partial charge in [-0.3, -0.25) is 0 Å². The lowest BCUT2D eigenvalue weighted by atomic mass is 10.0. The molecule has 0 aliphatic rings. The quantitative estimate of drug-likeness (QED) is 0.788. The van der Waals surface area contributed by atoms with Gasteiger partial charge in [0.1, 0.15) is 11.6 Å². The Morgan fingerprint density at radius 2 is 1.82 bits per heavy atom. The van der Waals surface area contributed by atoms with E-state index in [1.54, 1.807) is 19.2 Å². The SMILES string of the molecule is COc1cc(C)ccc1-c1cc(Br)ccc1F. The molecule has 0 bridgehead atoms. The molecular weight excluding hydrogens is 283 g/mol. The van der Waals surface area contributed by atoms with Crippen LogP contribution in [0.1, 0.15) is 5.56 Å². The summed E-state index contributed by atoms with van der Waals surface area (Å²) in [4.78, 5) is 0. The molecule has 0 amide bonds. The first-order valence-electron chi connectivity index (χ1n) is 5.22. The molecule has 0 radical (unpaired) electrons. The highest BCUT2D eigenvalue weighted by atomic mass is 79.9. The minimum atomic E-state index is -0.254. The first kappa shape index (κ1) is 12.1. The lowest BCUT2D eigenvalue weighted by molar-refractivity contribution is 0.416. The summed E-state index contributed by atoms with van der Waals surface area (Å²) in [5.41, 5.74) is 2.38. The molecule has 0 saturated heterocycles. The smallest absolute Gasteiger partial charge is 0.131 e. The van der Waals surface area contributed by atoms with E-state index in [-0.39, 0.29) is 5.82 Å². The number of aryl methyl sites for hydroxylation is 1. The second-order valence-electron chi connectivity index (χ2n) is 3.83. The number of ether oxygens (including phenoxy) is 1. The van der Waals surface area contributed by atoms with Crippen LogP contribution in [0.15, 0.2) is 40.9 Å². The Balaban J connectivity index is 2.63. The van der Waals surface area contributed by atoms with Gasteiger partial charge in [0.25, 0.3) is 0 Å². The predicted molar refractivity (Wildman–Crippen MR) is 70.8 cm³/mol. The van der Waals surface area contributed by atoms with Crippen molar-refractivity contribution >= 4 is 15.9 Å². The van der Waals surface area contributed by atoms with Gasteiger partial charge >= 0.3 is 0 Å². The van der Waals surface area contributed by atoms with Crippen molar-refractivity contribution in [3.8, 4) is 16.9 Å². The molecule has 1 nitrogen and oxygen atoms in total. The molecule has 2 rings (SSSR count). The number of halogens is 2. The summed E-state index contributed by atoms with van der Waals surface area (Å²) in [6.45, 7) is 1.98. The van der Waals surface area contributed by atoms with Crippen LogP contribution in [0, 0.1) is 12.7 Å². The third-order valence-corrected chi connectivity index (χ3v) is 3.07. The van der Waals surface area contributed by atoms with Crippen LogP contribution < -0.4 is 4.74 Å². The molecule has 2 aromatic carbocycles. The topological polar surface area (TPSA) is 9.23 Å². The molecular formula is C14H12BrFO. The Hall–Kier alpha value is -1.35. The van der Waals surface area contributed by atoms with E-state index in [9.17, 15) is 4.39 Å². The maximum Gasteiger partial charge on any atom is 0.131 e. The van der Waals surface area contributed by atoms with Crippen LogP contribution in [-0.2, 0) is 0 Å². The standard InChI is InChI=1S/C14H12BrFO/c1-9-3-5-11(14(7-9)17-2)12-8-10(15)4-6-13(12)16/h3-8H,1-2H3. The first-order chi connectivity index (χ1) is 8.11. The average molecular weight is 295 g/mol. The molecule has 0 heterocycles. The van der Waals surface area contributed by atoms with Crippen molar-refractivity contribution in [3.05, 3.63) is 52.3 Å². The highest BCUT2D eigenvalue weighted by molar-refractivity contribution is 9.10. The molecule has 0 aromatic heterocycles. The van der Waals surface area contributed by atoms with E-state index in [0.717, 1.165) is 15.6 Å². The first-order valence-corrected chi connectivity index (χ1v) is 6.01. The molecule has 17 heavy (non-hydrogen) atoms. The summed E-state index contributed by atoms with van der Waals surface area (Å²) in [6.07, 6.45) is 0. The Kier molecular flexibility index (Phi) is 3.48. The van der Waals surface area contributed by atoms with E-state index in [0.29, 0.717) is 11.3 Å². The van der Waals surface area contributed by atoms with Gasteiger partial charge in [0, 0.05) is 15.6 Å². The van der Waals surface area contributed by atoms with Crippen LogP contribution >= 0.6 is 15.9 Å². The van der Waals surface area contributed by atoms with Crippen molar-refractivity contribution in [2.24, 2.45) is 0 Å². The van der Waals surface area contributed by atoms with Gasteiger partial charge in [-0.15, -0.1) is 0 Å². The third kappa shape index (κ3) is 2.50. The highest BCUT2D eigenvalue weighted by Crippen LogP contribution is 2.33. The Bertz CT molecular complexity index is 552. The summed E-state index contributed by atoms with van der Waals surface area (Å²) in [5.74, 6) is 0.428. The Morgan fingerprint density at radius 1 is 1.06 bits per heavy atom. The Morgan fingerprint density at radius 3 is 2.53 bits per heavy atom. The van der Waals surface area contributed by atoms with Gasteiger partial charge in [-0.25, -0.2) is 4.39 Å². The second-order valence-corrected chi connectivity index (χ2v) is 4.74. The molecule has 2 aromatic rings. The second kappa shape index (κ2) is 4.88. The summed E-state index contributed by atoms with van der Waals surface area (Å²) in [5, 5.41) is 0. The molecule has 3 heteroatoms. The number of benzene rings is 2. The number of hydrogen-bond acceptors (Lipinski definition) is 1. The van der Waals surface area contributed by atoms with E-state index >= 15 is 0 Å². The monoisotopic (exact) mass is 294 g/mol. The summed E-state index contributed by atoms with van der Waals surface area (Å²) >= 11 is 3.35. The van der Waals surface area contributed by atoms with E-state index < -0.39 is 0 Å². The molecule has 0 spiro atoms. The van der Waals surface area contributed by atoms with Crippen LogP contribution in [-0.4, -0.2) is 7.11 Å². The van der Waals surface area contributed by atoms with Crippen molar-refractivity contribution in [1.82, 2.24) is 0 Å². The lowest BCUT2D eigenvalue weighted by Crippen LogP contribution is -1.91. The van der Waals surface area contributed by atoms with Gasteiger partial charge in [0.15, 0.2) is 0 Å². The van der Waals surface area contributed by atoms with Crippen molar-refractivity contribution in [1.29, 1.82) is 0 Å². The van der Waals surface area contributed by atoms with Crippen molar-refractivity contribution in [2.75, 3.05) is 7.11 Å². The molecule has 0 fully saturated rings. The largest absolute Gasteiger partial charge is 0.496 e. The van der Waals surface area contributed by atoms with E-state index in [1.165, 1.54) is 6.07 Å². The fourth-order valence-corrected chi connectivity index (χ4v) is 2.09. The Labute approximate surface area is 108 Å². The molecule has 0 saturated carbocycles. The van der Waals surface area contributed by atoms with Gasteiger partial charge in [0.05, 0.1) is 7.11 Å². The fraction of sp³-hybridized carbons (Fsp3) is 0.143. The normalized spacial score (nSPS) is 10.4. The maximum atomic E-state index is 13.8. The summed E-state index contributed by atoms with van der Waals surface area (Å²) in [7, 11) is 1.59. The van der Waals surface area contributed by atoms with Crippen LogP contribution in [0.25, 0.3) is 11.1 Å². The van der Waals surface area contributed by atoms with Crippen LogP contribution in [0.2, 0.25) is 0 Å². The molecule has 0 aliphatic heterocycles. The molecule has 0 unspecified atom stereocenters. The number of hydrogen-bond donors (Lipinski definition) is 0. The lowest BCUT2D eigenvalue weighted by Gasteiger charge is -2.10. The van der Waals surface area contributed by atoms with Crippen molar-refractivity contribution in [3.63, 3.8) is 0 Å². The molecule has 88 valence electrons. The highest BCUT2D eigenvalue weighted by Gasteiger charge is 2.11. The van der Waals surface area contributed by atoms with Gasteiger partial charge in [0.2, 0.25) is 0 Å². The van der Waals surface area contributed by atoms with Crippen molar-refractivity contribution < 1.29 is 9.13 Å². The van der Waals surface area contributed by atoms with Crippen LogP contribution in [0.3, 0.4) is 0 Å². The zero-order valence-electron chi connectivity index (χ0n) is 9.63. The molecule has 0 aliphatic carbocycles. The summed E-state index contributed by atoms with van der Waals surface area (Å²) < 4.78 is 19.9. The average Bonchev–Trinajstić information content (AvgIpc) is 2.32. The molecule has 0 atom stereocenters. The zero-order chi connectivity index (χ0) is 12.4. The zero-order valence-corrected chi connectivity index (χ0v) is 11.2. The number of methoxy groups -OCH3 is 1. The van der Waals surface area contributed by atoms with E-state index in [2.05, 4.69) is 15.9 Å². The van der Waals surface area contributed by atoms with Crippen LogP contribution in [0.4, 0.5) is 4.39 Å². The molecule has 0 N–H and O–H groups in total. The minimum absolute atomic E-state index is 0.254.